The van der Waals surface area contributed by atoms with Gasteiger partial charge in [0.25, 0.3) is 5.91 Å². The normalized spacial score (nSPS) is 18.6. The molecule has 1 aromatic carbocycles. The second-order valence-electron chi connectivity index (χ2n) is 6.17. The number of piperidine rings is 1. The Morgan fingerprint density at radius 2 is 2.21 bits per heavy atom. The van der Waals surface area contributed by atoms with Gasteiger partial charge in [0, 0.05) is 18.6 Å². The summed E-state index contributed by atoms with van der Waals surface area (Å²) in [6.07, 6.45) is 4.67. The summed E-state index contributed by atoms with van der Waals surface area (Å²) >= 11 is 6.12. The first-order chi connectivity index (χ1) is 11.5. The van der Waals surface area contributed by atoms with Gasteiger partial charge in [-0.25, -0.2) is 0 Å². The second kappa shape index (κ2) is 8.34. The van der Waals surface area contributed by atoms with Gasteiger partial charge >= 0.3 is 0 Å². The van der Waals surface area contributed by atoms with Gasteiger partial charge in [0.2, 0.25) is 0 Å². The Hall–Kier alpha value is -1.81. The standard InChI is InChI=1S/C19H25ClN2O2/c1-5-16(21-4)17-8-6-7-11-22(17)19(23)15-12-14(20)9-10-18(15)24-13(2)3/h5,9-10,12-13,17H,1,6-8,11H2,2-4H3. The van der Waals surface area contributed by atoms with Crippen LogP contribution >= 0.6 is 11.6 Å². The van der Waals surface area contributed by atoms with Gasteiger partial charge in [-0.3, -0.25) is 9.79 Å². The number of hydrogen-bond acceptors (Lipinski definition) is 3. The zero-order chi connectivity index (χ0) is 17.7. The molecule has 1 heterocycles. The molecular formula is C19H25ClN2O2. The molecule has 2 rings (SSSR count). The van der Waals surface area contributed by atoms with E-state index >= 15 is 0 Å². The Balaban J connectivity index is 2.38. The van der Waals surface area contributed by atoms with Crippen LogP contribution in [0.5, 0.6) is 5.75 Å². The number of aliphatic imine (C=N–C) groups is 1. The number of carbonyl (C=O) groups is 1. The highest BCUT2D eigenvalue weighted by molar-refractivity contribution is 6.31. The number of likely N-dealkylation sites (tertiary alicyclic amines) is 1. The SMILES string of the molecule is C=CC(=NC)C1CCCCN1C(=O)c1cc(Cl)ccc1OC(C)C. The molecule has 0 saturated carbocycles. The molecule has 0 bridgehead atoms. The molecule has 0 spiro atoms. The van der Waals surface area contributed by atoms with E-state index in [1.54, 1.807) is 31.3 Å². The van der Waals surface area contributed by atoms with Crippen molar-refractivity contribution >= 4 is 23.2 Å². The summed E-state index contributed by atoms with van der Waals surface area (Å²) in [5.41, 5.74) is 1.35. The van der Waals surface area contributed by atoms with Crippen LogP contribution in [-0.4, -0.2) is 42.3 Å². The molecule has 1 atom stereocenters. The van der Waals surface area contributed by atoms with Crippen LogP contribution in [0.4, 0.5) is 0 Å². The minimum absolute atomic E-state index is 0.0178. The van der Waals surface area contributed by atoms with E-state index in [1.807, 2.05) is 18.7 Å². The van der Waals surface area contributed by atoms with Gasteiger partial charge in [-0.05, 0) is 57.4 Å². The minimum Gasteiger partial charge on any atom is -0.490 e. The lowest BCUT2D eigenvalue weighted by Crippen LogP contribution is -2.47. The summed E-state index contributed by atoms with van der Waals surface area (Å²) in [6, 6.07) is 5.15. The average molecular weight is 349 g/mol. The molecule has 1 aliphatic rings. The van der Waals surface area contributed by atoms with E-state index in [-0.39, 0.29) is 18.1 Å². The van der Waals surface area contributed by atoms with E-state index in [0.717, 1.165) is 25.0 Å². The van der Waals surface area contributed by atoms with Crippen molar-refractivity contribution < 1.29 is 9.53 Å². The molecule has 1 saturated heterocycles. The van der Waals surface area contributed by atoms with Crippen LogP contribution in [-0.2, 0) is 0 Å². The van der Waals surface area contributed by atoms with Crippen molar-refractivity contribution in [3.63, 3.8) is 0 Å². The number of amides is 1. The van der Waals surface area contributed by atoms with Crippen LogP contribution in [0.25, 0.3) is 0 Å². The Morgan fingerprint density at radius 1 is 1.46 bits per heavy atom. The van der Waals surface area contributed by atoms with Gasteiger partial charge in [0.05, 0.1) is 23.4 Å². The summed E-state index contributed by atoms with van der Waals surface area (Å²) in [4.78, 5) is 19.4. The summed E-state index contributed by atoms with van der Waals surface area (Å²) in [5, 5.41) is 0.524. The Morgan fingerprint density at radius 3 is 2.83 bits per heavy atom. The predicted molar refractivity (Wildman–Crippen MR) is 99.4 cm³/mol. The van der Waals surface area contributed by atoms with Gasteiger partial charge in [-0.1, -0.05) is 18.2 Å². The van der Waals surface area contributed by atoms with Crippen LogP contribution in [0.3, 0.4) is 0 Å². The molecule has 4 nitrogen and oxygen atoms in total. The highest BCUT2D eigenvalue weighted by Crippen LogP contribution is 2.28. The van der Waals surface area contributed by atoms with Gasteiger partial charge in [-0.2, -0.15) is 0 Å². The van der Waals surface area contributed by atoms with Crippen LogP contribution < -0.4 is 4.74 Å². The Kier molecular flexibility index (Phi) is 6.44. The molecule has 1 aromatic rings. The Labute approximate surface area is 149 Å². The van der Waals surface area contributed by atoms with E-state index in [4.69, 9.17) is 16.3 Å². The molecule has 130 valence electrons. The molecule has 0 aromatic heterocycles. The average Bonchev–Trinajstić information content (AvgIpc) is 2.57. The first kappa shape index (κ1) is 18.5. The van der Waals surface area contributed by atoms with Gasteiger partial charge < -0.3 is 9.64 Å². The van der Waals surface area contributed by atoms with E-state index in [0.29, 0.717) is 22.9 Å². The maximum absolute atomic E-state index is 13.2. The van der Waals surface area contributed by atoms with Crippen molar-refractivity contribution in [2.24, 2.45) is 4.99 Å². The topological polar surface area (TPSA) is 41.9 Å². The van der Waals surface area contributed by atoms with Gasteiger partial charge in [0.1, 0.15) is 5.75 Å². The number of hydrogen-bond donors (Lipinski definition) is 0. The van der Waals surface area contributed by atoms with Crippen LogP contribution in [0.1, 0.15) is 43.5 Å². The molecule has 5 heteroatoms. The summed E-state index contributed by atoms with van der Waals surface area (Å²) in [7, 11) is 1.74. The molecule has 0 radical (unpaired) electrons. The van der Waals surface area contributed by atoms with Crippen molar-refractivity contribution in [1.29, 1.82) is 0 Å². The third-order valence-electron chi connectivity index (χ3n) is 4.11. The third-order valence-corrected chi connectivity index (χ3v) is 4.34. The number of rotatable bonds is 5. The smallest absolute Gasteiger partial charge is 0.258 e. The van der Waals surface area contributed by atoms with Crippen LogP contribution in [0.15, 0.2) is 35.8 Å². The maximum Gasteiger partial charge on any atom is 0.258 e. The number of carbonyl (C=O) groups excluding carboxylic acids is 1. The minimum atomic E-state index is -0.0687. The largest absolute Gasteiger partial charge is 0.490 e. The summed E-state index contributed by atoms with van der Waals surface area (Å²) in [6.45, 7) is 8.40. The quantitative estimate of drug-likeness (QED) is 0.741. The van der Waals surface area contributed by atoms with Crippen molar-refractivity contribution in [1.82, 2.24) is 4.90 Å². The van der Waals surface area contributed by atoms with E-state index in [9.17, 15) is 4.79 Å². The molecule has 24 heavy (non-hydrogen) atoms. The third kappa shape index (κ3) is 4.18. The number of halogens is 1. The van der Waals surface area contributed by atoms with E-state index in [1.165, 1.54) is 0 Å². The fraction of sp³-hybridized carbons (Fsp3) is 0.474. The second-order valence-corrected chi connectivity index (χ2v) is 6.61. The van der Waals surface area contributed by atoms with E-state index < -0.39 is 0 Å². The number of nitrogens with zero attached hydrogens (tertiary/aromatic N) is 2. The fourth-order valence-corrected chi connectivity index (χ4v) is 3.21. The highest BCUT2D eigenvalue weighted by Gasteiger charge is 2.31. The maximum atomic E-state index is 13.2. The van der Waals surface area contributed by atoms with Gasteiger partial charge in [0.15, 0.2) is 0 Å². The first-order valence-corrected chi connectivity index (χ1v) is 8.72. The zero-order valence-corrected chi connectivity index (χ0v) is 15.3. The number of ether oxygens (including phenoxy) is 1. The van der Waals surface area contributed by atoms with Gasteiger partial charge in [-0.15, -0.1) is 0 Å². The lowest BCUT2D eigenvalue weighted by Gasteiger charge is -2.36. The monoisotopic (exact) mass is 348 g/mol. The summed E-state index contributed by atoms with van der Waals surface area (Å²) in [5.74, 6) is 0.498. The Bertz CT molecular complexity index is 640. The number of benzene rings is 1. The van der Waals surface area contributed by atoms with Crippen LogP contribution in [0.2, 0.25) is 5.02 Å². The van der Waals surface area contributed by atoms with Crippen molar-refractivity contribution in [2.45, 2.75) is 45.3 Å². The highest BCUT2D eigenvalue weighted by atomic mass is 35.5. The summed E-state index contributed by atoms with van der Waals surface area (Å²) < 4.78 is 5.80. The zero-order valence-electron chi connectivity index (χ0n) is 14.6. The molecular weight excluding hydrogens is 324 g/mol. The van der Waals surface area contributed by atoms with Crippen LogP contribution in [0, 0.1) is 0 Å². The molecule has 1 aliphatic heterocycles. The molecule has 1 amide bonds. The van der Waals surface area contributed by atoms with E-state index in [2.05, 4.69) is 11.6 Å². The molecule has 0 aliphatic carbocycles. The molecule has 0 N–H and O–H groups in total. The molecule has 1 fully saturated rings. The van der Waals surface area contributed by atoms with Crippen molar-refractivity contribution in [3.8, 4) is 5.75 Å². The fourth-order valence-electron chi connectivity index (χ4n) is 3.04. The lowest BCUT2D eigenvalue weighted by molar-refractivity contribution is 0.0675. The predicted octanol–water partition coefficient (Wildman–Crippen LogP) is 4.38. The van der Waals surface area contributed by atoms with Crippen molar-refractivity contribution in [3.05, 3.63) is 41.4 Å². The lowest BCUT2D eigenvalue weighted by atomic mass is 9.96. The molecule has 1 unspecified atom stereocenters. The first-order valence-electron chi connectivity index (χ1n) is 8.34. The van der Waals surface area contributed by atoms with Crippen molar-refractivity contribution in [2.75, 3.05) is 13.6 Å².